The minimum Gasteiger partial charge on any atom is -0.352 e. The zero-order valence-electron chi connectivity index (χ0n) is 8.96. The van der Waals surface area contributed by atoms with Gasteiger partial charge in [-0.05, 0) is 24.5 Å². The lowest BCUT2D eigenvalue weighted by Gasteiger charge is -2.06. The molecule has 0 fully saturated rings. The normalized spacial score (nSPS) is 10.4. The van der Waals surface area contributed by atoms with E-state index < -0.39 is 0 Å². The molecule has 1 N–H and O–H groups in total. The zero-order chi connectivity index (χ0) is 11.3. The quantitative estimate of drug-likeness (QED) is 0.802. The molecule has 1 rings (SSSR count). The van der Waals surface area contributed by atoms with Crippen LogP contribution in [0.25, 0.3) is 0 Å². The van der Waals surface area contributed by atoms with Gasteiger partial charge in [-0.3, -0.25) is 4.79 Å². The van der Waals surface area contributed by atoms with E-state index in [1.165, 1.54) is 6.20 Å². The van der Waals surface area contributed by atoms with E-state index >= 15 is 0 Å². The largest absolute Gasteiger partial charge is 0.352 e. The smallest absolute Gasteiger partial charge is 0.252 e. The minimum absolute atomic E-state index is 0.0974. The number of carbonyl (C=O) groups excluding carboxylic acids is 1. The van der Waals surface area contributed by atoms with Crippen LogP contribution in [0.15, 0.2) is 18.3 Å². The Morgan fingerprint density at radius 1 is 1.53 bits per heavy atom. The van der Waals surface area contributed by atoms with E-state index in [9.17, 15) is 4.79 Å². The van der Waals surface area contributed by atoms with Crippen molar-refractivity contribution in [2.45, 2.75) is 20.3 Å². The lowest BCUT2D eigenvalue weighted by molar-refractivity contribution is 0.0951. The second kappa shape index (κ2) is 5.71. The van der Waals surface area contributed by atoms with Crippen molar-refractivity contribution >= 4 is 17.5 Å². The highest BCUT2D eigenvalue weighted by Crippen LogP contribution is 2.05. The van der Waals surface area contributed by atoms with Gasteiger partial charge >= 0.3 is 0 Å². The molecule has 0 spiro atoms. The Kier molecular flexibility index (Phi) is 4.56. The average Bonchev–Trinajstić information content (AvgIpc) is 2.18. The van der Waals surface area contributed by atoms with Gasteiger partial charge in [0.2, 0.25) is 0 Å². The molecule has 0 aliphatic carbocycles. The first-order valence-corrected chi connectivity index (χ1v) is 5.37. The average molecular weight is 227 g/mol. The fraction of sp³-hybridized carbons (Fsp3) is 0.455. The van der Waals surface area contributed by atoms with Gasteiger partial charge < -0.3 is 5.32 Å². The van der Waals surface area contributed by atoms with E-state index in [1.807, 2.05) is 0 Å². The number of nitrogens with zero attached hydrogens (tertiary/aromatic N) is 1. The minimum atomic E-state index is -0.0974. The van der Waals surface area contributed by atoms with Crippen LogP contribution in [0.5, 0.6) is 0 Å². The summed E-state index contributed by atoms with van der Waals surface area (Å²) in [5, 5.41) is 3.22. The number of aromatic nitrogens is 1. The Hall–Kier alpha value is -1.09. The molecule has 0 bridgehead atoms. The summed E-state index contributed by atoms with van der Waals surface area (Å²) < 4.78 is 0. The Morgan fingerprint density at radius 2 is 2.27 bits per heavy atom. The van der Waals surface area contributed by atoms with E-state index in [1.54, 1.807) is 12.1 Å². The number of hydrogen-bond acceptors (Lipinski definition) is 2. The van der Waals surface area contributed by atoms with Crippen LogP contribution < -0.4 is 5.32 Å². The lowest BCUT2D eigenvalue weighted by Crippen LogP contribution is -2.25. The highest BCUT2D eigenvalue weighted by Gasteiger charge is 2.05. The van der Waals surface area contributed by atoms with E-state index in [0.717, 1.165) is 6.42 Å². The molecule has 1 aromatic heterocycles. The first kappa shape index (κ1) is 12.0. The highest BCUT2D eigenvalue weighted by molar-refractivity contribution is 6.29. The molecule has 4 heteroatoms. The Morgan fingerprint density at radius 3 is 2.80 bits per heavy atom. The van der Waals surface area contributed by atoms with Crippen LogP contribution in [-0.2, 0) is 0 Å². The van der Waals surface area contributed by atoms with Crippen LogP contribution in [0.4, 0.5) is 0 Å². The first-order valence-electron chi connectivity index (χ1n) is 4.99. The summed E-state index contributed by atoms with van der Waals surface area (Å²) in [6.07, 6.45) is 2.46. The molecule has 0 unspecified atom stereocenters. The molecule has 0 aliphatic heterocycles. The standard InChI is InChI=1S/C11H15ClN2O/c1-8(2)5-6-13-11(15)9-3-4-10(12)14-7-9/h3-4,7-8H,5-6H2,1-2H3,(H,13,15). The molecule has 0 atom stereocenters. The van der Waals surface area contributed by atoms with Crippen molar-refractivity contribution in [3.8, 4) is 0 Å². The molecular formula is C11H15ClN2O. The second-order valence-electron chi connectivity index (χ2n) is 3.81. The number of carbonyl (C=O) groups is 1. The Labute approximate surface area is 94.9 Å². The maximum Gasteiger partial charge on any atom is 0.252 e. The summed E-state index contributed by atoms with van der Waals surface area (Å²) in [5.41, 5.74) is 0.545. The molecule has 0 aromatic carbocycles. The highest BCUT2D eigenvalue weighted by atomic mass is 35.5. The molecule has 0 saturated heterocycles. The molecule has 3 nitrogen and oxygen atoms in total. The summed E-state index contributed by atoms with van der Waals surface area (Å²) in [5.74, 6) is 0.494. The maximum absolute atomic E-state index is 11.5. The number of rotatable bonds is 4. The van der Waals surface area contributed by atoms with Crippen LogP contribution in [-0.4, -0.2) is 17.4 Å². The lowest BCUT2D eigenvalue weighted by atomic mass is 10.1. The van der Waals surface area contributed by atoms with Crippen LogP contribution in [0.2, 0.25) is 5.15 Å². The maximum atomic E-state index is 11.5. The van der Waals surface area contributed by atoms with Crippen molar-refractivity contribution in [2.75, 3.05) is 6.54 Å². The third kappa shape index (κ3) is 4.30. The van der Waals surface area contributed by atoms with Crippen LogP contribution in [0.1, 0.15) is 30.6 Å². The summed E-state index contributed by atoms with van der Waals surface area (Å²) >= 11 is 5.62. The molecule has 1 aromatic rings. The van der Waals surface area contributed by atoms with Crippen molar-refractivity contribution in [3.63, 3.8) is 0 Å². The van der Waals surface area contributed by atoms with Gasteiger partial charge in [0.15, 0.2) is 0 Å². The Balaban J connectivity index is 2.43. The second-order valence-corrected chi connectivity index (χ2v) is 4.20. The number of amides is 1. The molecular weight excluding hydrogens is 212 g/mol. The van der Waals surface area contributed by atoms with Gasteiger partial charge in [-0.1, -0.05) is 25.4 Å². The SMILES string of the molecule is CC(C)CCNC(=O)c1ccc(Cl)nc1. The van der Waals surface area contributed by atoms with Gasteiger partial charge in [0, 0.05) is 12.7 Å². The fourth-order valence-electron chi connectivity index (χ4n) is 1.09. The third-order valence-electron chi connectivity index (χ3n) is 2.00. The van der Waals surface area contributed by atoms with Gasteiger partial charge in [0.05, 0.1) is 5.56 Å². The fourth-order valence-corrected chi connectivity index (χ4v) is 1.20. The summed E-state index contributed by atoms with van der Waals surface area (Å²) in [7, 11) is 0. The van der Waals surface area contributed by atoms with Crippen molar-refractivity contribution in [1.82, 2.24) is 10.3 Å². The van der Waals surface area contributed by atoms with E-state index in [4.69, 9.17) is 11.6 Å². The van der Waals surface area contributed by atoms with E-state index in [2.05, 4.69) is 24.1 Å². The van der Waals surface area contributed by atoms with E-state index in [-0.39, 0.29) is 5.91 Å². The number of halogens is 1. The predicted octanol–water partition coefficient (Wildman–Crippen LogP) is 2.51. The van der Waals surface area contributed by atoms with Crippen molar-refractivity contribution < 1.29 is 4.79 Å². The van der Waals surface area contributed by atoms with E-state index in [0.29, 0.717) is 23.2 Å². The summed E-state index contributed by atoms with van der Waals surface area (Å²) in [6, 6.07) is 3.28. The first-order chi connectivity index (χ1) is 7.09. The van der Waals surface area contributed by atoms with Crippen LogP contribution >= 0.6 is 11.6 Å². The molecule has 0 radical (unpaired) electrons. The van der Waals surface area contributed by atoms with Gasteiger partial charge in [-0.2, -0.15) is 0 Å². The van der Waals surface area contributed by atoms with Crippen molar-refractivity contribution in [2.24, 2.45) is 5.92 Å². The van der Waals surface area contributed by atoms with Gasteiger partial charge in [0.1, 0.15) is 5.15 Å². The van der Waals surface area contributed by atoms with Gasteiger partial charge in [-0.15, -0.1) is 0 Å². The van der Waals surface area contributed by atoms with Gasteiger partial charge in [0.25, 0.3) is 5.91 Å². The molecule has 0 saturated carbocycles. The molecule has 1 heterocycles. The predicted molar refractivity (Wildman–Crippen MR) is 61.0 cm³/mol. The molecule has 0 aliphatic rings. The summed E-state index contributed by atoms with van der Waals surface area (Å²) in [6.45, 7) is 4.94. The van der Waals surface area contributed by atoms with Gasteiger partial charge in [-0.25, -0.2) is 4.98 Å². The molecule has 1 amide bonds. The monoisotopic (exact) mass is 226 g/mol. The summed E-state index contributed by atoms with van der Waals surface area (Å²) in [4.78, 5) is 15.4. The number of nitrogens with one attached hydrogen (secondary N) is 1. The van der Waals surface area contributed by atoms with Crippen molar-refractivity contribution in [3.05, 3.63) is 29.0 Å². The van der Waals surface area contributed by atoms with Crippen LogP contribution in [0.3, 0.4) is 0 Å². The Bertz CT molecular complexity index is 322. The number of hydrogen-bond donors (Lipinski definition) is 1. The number of pyridine rings is 1. The van der Waals surface area contributed by atoms with Crippen LogP contribution in [0, 0.1) is 5.92 Å². The molecule has 82 valence electrons. The van der Waals surface area contributed by atoms with Crippen molar-refractivity contribution in [1.29, 1.82) is 0 Å². The third-order valence-corrected chi connectivity index (χ3v) is 2.22. The topological polar surface area (TPSA) is 42.0 Å². The zero-order valence-corrected chi connectivity index (χ0v) is 9.71. The molecule has 15 heavy (non-hydrogen) atoms.